The van der Waals surface area contributed by atoms with Gasteiger partial charge in [-0.15, -0.1) is 5.10 Å². The molecule has 34 heavy (non-hydrogen) atoms. The van der Waals surface area contributed by atoms with Gasteiger partial charge in [-0.3, -0.25) is 0 Å². The van der Waals surface area contributed by atoms with Gasteiger partial charge in [-0.25, -0.2) is 27.9 Å². The number of hydrogen-bond acceptors (Lipinski definition) is 5. The highest BCUT2D eigenvalue weighted by Crippen LogP contribution is 2.26. The fraction of sp³-hybridized carbons (Fsp3) is 0.174. The maximum absolute atomic E-state index is 14.6. The number of carbonyl (C=O) groups is 2. The van der Waals surface area contributed by atoms with Crippen LogP contribution in [0.5, 0.6) is 0 Å². The van der Waals surface area contributed by atoms with E-state index in [2.05, 4.69) is 20.4 Å². The van der Waals surface area contributed by atoms with E-state index in [1.807, 2.05) is 30.3 Å². The number of amides is 2. The molecule has 5 rings (SSSR count). The lowest BCUT2D eigenvalue weighted by Gasteiger charge is -2.21. The number of carboxylic acid groups (broad SMARTS) is 1. The molecule has 9 nitrogen and oxygen atoms in total. The fourth-order valence-electron chi connectivity index (χ4n) is 3.89. The van der Waals surface area contributed by atoms with E-state index in [0.717, 1.165) is 22.1 Å². The number of carboxylic acids is 1. The molecular formula is C23H18F2N6O3. The molecule has 1 fully saturated rings. The lowest BCUT2D eigenvalue weighted by atomic mass is 10.1. The molecule has 2 N–H and O–H groups in total. The smallest absolute Gasteiger partial charge is 0.326 e. The normalized spacial score (nSPS) is 17.8. The maximum atomic E-state index is 14.6. The summed E-state index contributed by atoms with van der Waals surface area (Å²) >= 11 is 0. The minimum atomic E-state index is -1.42. The summed E-state index contributed by atoms with van der Waals surface area (Å²) in [7, 11) is 0. The molecule has 0 saturated carbocycles. The summed E-state index contributed by atoms with van der Waals surface area (Å²) in [6.07, 6.45) is 1.67. The van der Waals surface area contributed by atoms with Crippen molar-refractivity contribution in [2.45, 2.75) is 18.6 Å². The zero-order chi connectivity index (χ0) is 23.8. The van der Waals surface area contributed by atoms with Crippen molar-refractivity contribution < 1.29 is 23.5 Å². The Balaban J connectivity index is 1.42. The zero-order valence-corrected chi connectivity index (χ0v) is 17.6. The number of rotatable bonds is 4. The summed E-state index contributed by atoms with van der Waals surface area (Å²) in [6.45, 7) is -0.333. The predicted octanol–water partition coefficient (Wildman–Crippen LogP) is 3.63. The van der Waals surface area contributed by atoms with Gasteiger partial charge in [0.05, 0.1) is 12.1 Å². The summed E-state index contributed by atoms with van der Waals surface area (Å²) in [5.74, 6) is -1.59. The van der Waals surface area contributed by atoms with Crippen molar-refractivity contribution in [2.75, 3.05) is 11.9 Å². The molecule has 172 valence electrons. The number of urea groups is 1. The van der Waals surface area contributed by atoms with Crippen molar-refractivity contribution in [3.8, 4) is 22.5 Å². The summed E-state index contributed by atoms with van der Waals surface area (Å²) in [5.41, 5.74) is 1.94. The van der Waals surface area contributed by atoms with Crippen LogP contribution in [-0.4, -0.2) is 60.3 Å². The number of fused-ring (bicyclic) bond motifs is 1. The van der Waals surface area contributed by atoms with Crippen LogP contribution in [0.2, 0.25) is 0 Å². The third kappa shape index (κ3) is 4.03. The Morgan fingerprint density at radius 2 is 1.91 bits per heavy atom. The molecule has 4 aromatic rings. The molecule has 1 saturated heterocycles. The van der Waals surface area contributed by atoms with Crippen molar-refractivity contribution in [3.63, 3.8) is 0 Å². The highest BCUT2D eigenvalue weighted by Gasteiger charge is 2.40. The van der Waals surface area contributed by atoms with E-state index in [-0.39, 0.29) is 35.8 Å². The van der Waals surface area contributed by atoms with Gasteiger partial charge in [-0.1, -0.05) is 30.3 Å². The van der Waals surface area contributed by atoms with Crippen LogP contribution in [0.4, 0.5) is 19.3 Å². The highest BCUT2D eigenvalue weighted by molar-refractivity contribution is 5.93. The number of nitrogens with zero attached hydrogens (tertiary/aromatic N) is 5. The highest BCUT2D eigenvalue weighted by atomic mass is 19.1. The number of aliphatic carboxylic acids is 1. The van der Waals surface area contributed by atoms with E-state index in [1.54, 1.807) is 12.4 Å². The standard InChI is InChI=1S/C23H18F2N6O3/c24-15-8-19(21(32)33)30(12-15)23(34)27-16-6-7-18(25)17(9-16)20-28-22-26-10-14(11-31(22)29-20)13-4-2-1-3-5-13/h1-7,9-11,15,19H,8,12H2,(H,27,34)(H,32,33). The van der Waals surface area contributed by atoms with Gasteiger partial charge in [0.2, 0.25) is 0 Å². The van der Waals surface area contributed by atoms with Crippen LogP contribution in [-0.2, 0) is 4.79 Å². The van der Waals surface area contributed by atoms with Gasteiger partial charge in [0.1, 0.15) is 18.0 Å². The van der Waals surface area contributed by atoms with Crippen molar-refractivity contribution >= 4 is 23.5 Å². The van der Waals surface area contributed by atoms with Crippen LogP contribution < -0.4 is 5.32 Å². The van der Waals surface area contributed by atoms with Gasteiger partial charge in [0.15, 0.2) is 5.82 Å². The molecule has 1 aliphatic heterocycles. The Morgan fingerprint density at radius 3 is 2.68 bits per heavy atom. The molecule has 2 atom stereocenters. The first-order chi connectivity index (χ1) is 16.4. The lowest BCUT2D eigenvalue weighted by Crippen LogP contribution is -2.42. The SMILES string of the molecule is O=C(O)C1CC(F)CN1C(=O)Nc1ccc(F)c(-c2nc3ncc(-c4ccccc4)cn3n2)c1. The molecule has 1 aliphatic rings. The summed E-state index contributed by atoms with van der Waals surface area (Å²) < 4.78 is 29.8. The van der Waals surface area contributed by atoms with E-state index in [0.29, 0.717) is 0 Å². The van der Waals surface area contributed by atoms with Gasteiger partial charge < -0.3 is 15.3 Å². The quantitative estimate of drug-likeness (QED) is 0.477. The average Bonchev–Trinajstić information content (AvgIpc) is 3.44. The van der Waals surface area contributed by atoms with Crippen LogP contribution in [0.1, 0.15) is 6.42 Å². The molecule has 0 spiro atoms. The van der Waals surface area contributed by atoms with E-state index in [1.165, 1.54) is 16.6 Å². The Hall–Kier alpha value is -4.41. The van der Waals surface area contributed by atoms with Crippen LogP contribution in [0, 0.1) is 5.82 Å². The minimum Gasteiger partial charge on any atom is -0.480 e. The second-order valence-corrected chi connectivity index (χ2v) is 7.85. The van der Waals surface area contributed by atoms with Crippen molar-refractivity contribution in [2.24, 2.45) is 0 Å². The first-order valence-electron chi connectivity index (χ1n) is 10.4. The average molecular weight is 464 g/mol. The molecule has 0 radical (unpaired) electrons. The van der Waals surface area contributed by atoms with Crippen LogP contribution in [0.15, 0.2) is 60.9 Å². The molecule has 0 aliphatic carbocycles. The topological polar surface area (TPSA) is 113 Å². The van der Waals surface area contributed by atoms with Gasteiger partial charge in [0, 0.05) is 30.1 Å². The number of benzene rings is 2. The zero-order valence-electron chi connectivity index (χ0n) is 17.6. The van der Waals surface area contributed by atoms with Crippen LogP contribution in [0.25, 0.3) is 28.3 Å². The molecule has 3 heterocycles. The monoisotopic (exact) mass is 464 g/mol. The first kappa shape index (κ1) is 21.4. The second kappa shape index (κ2) is 8.50. The predicted molar refractivity (Wildman–Crippen MR) is 118 cm³/mol. The second-order valence-electron chi connectivity index (χ2n) is 7.85. The van der Waals surface area contributed by atoms with Crippen molar-refractivity contribution in [1.29, 1.82) is 0 Å². The Kier molecular flexibility index (Phi) is 5.36. The largest absolute Gasteiger partial charge is 0.480 e. The number of alkyl halides is 1. The van der Waals surface area contributed by atoms with E-state index in [9.17, 15) is 23.5 Å². The number of carbonyl (C=O) groups excluding carboxylic acids is 1. The fourth-order valence-corrected chi connectivity index (χ4v) is 3.89. The maximum Gasteiger partial charge on any atom is 0.326 e. The van der Waals surface area contributed by atoms with Crippen LogP contribution in [0.3, 0.4) is 0 Å². The Morgan fingerprint density at radius 1 is 1.12 bits per heavy atom. The van der Waals surface area contributed by atoms with Gasteiger partial charge in [-0.2, -0.15) is 4.98 Å². The molecule has 2 amide bonds. The van der Waals surface area contributed by atoms with E-state index < -0.39 is 30.0 Å². The van der Waals surface area contributed by atoms with Crippen molar-refractivity contribution in [1.82, 2.24) is 24.5 Å². The number of halogens is 2. The number of aromatic nitrogens is 4. The van der Waals surface area contributed by atoms with E-state index in [4.69, 9.17) is 0 Å². The first-order valence-corrected chi connectivity index (χ1v) is 10.4. The van der Waals surface area contributed by atoms with Gasteiger partial charge in [-0.05, 0) is 23.8 Å². The number of anilines is 1. The molecule has 0 bridgehead atoms. The number of nitrogens with one attached hydrogen (secondary N) is 1. The summed E-state index contributed by atoms with van der Waals surface area (Å²) in [4.78, 5) is 33.4. The molecule has 2 aromatic heterocycles. The summed E-state index contributed by atoms with van der Waals surface area (Å²) in [6, 6.07) is 11.3. The third-order valence-electron chi connectivity index (χ3n) is 5.56. The Bertz CT molecular complexity index is 1390. The Labute approximate surface area is 191 Å². The number of likely N-dealkylation sites (tertiary alicyclic amines) is 1. The number of hydrogen-bond donors (Lipinski definition) is 2. The molecule has 2 unspecified atom stereocenters. The van der Waals surface area contributed by atoms with Crippen molar-refractivity contribution in [3.05, 3.63) is 66.7 Å². The molecule has 11 heteroatoms. The molecular weight excluding hydrogens is 446 g/mol. The van der Waals surface area contributed by atoms with Crippen LogP contribution >= 0.6 is 0 Å². The van der Waals surface area contributed by atoms with E-state index >= 15 is 0 Å². The molecule has 2 aromatic carbocycles. The third-order valence-corrected chi connectivity index (χ3v) is 5.56. The summed E-state index contributed by atoms with van der Waals surface area (Å²) in [5, 5.41) is 16.1. The minimum absolute atomic E-state index is 0.0177. The van der Waals surface area contributed by atoms with Gasteiger partial charge in [0.25, 0.3) is 5.78 Å². The van der Waals surface area contributed by atoms with Gasteiger partial charge >= 0.3 is 12.0 Å². The lowest BCUT2D eigenvalue weighted by molar-refractivity contribution is -0.141.